The molecule has 1 fully saturated rings. The highest BCUT2D eigenvalue weighted by Gasteiger charge is 2.54. The Hall–Kier alpha value is -4.34. The van der Waals surface area contributed by atoms with E-state index < -0.39 is 29.2 Å². The number of carbonyl (C=O) groups is 3. The fraction of sp³-hybridized carbons (Fsp3) is 0.273. The molecule has 0 bridgehead atoms. The molecule has 2 aliphatic rings. The molecule has 5 heterocycles. The molecule has 40 heavy (non-hydrogen) atoms. The maximum atomic E-state index is 13.1. The first kappa shape index (κ1) is 27.2. The number of aliphatic carboxylic acids is 1. The summed E-state index contributed by atoms with van der Waals surface area (Å²) in [6.45, 7) is -0.186. The van der Waals surface area contributed by atoms with Gasteiger partial charge in [0.1, 0.15) is 28.6 Å². The van der Waals surface area contributed by atoms with Crippen LogP contribution in [-0.2, 0) is 26.3 Å². The van der Waals surface area contributed by atoms with Gasteiger partial charge < -0.3 is 26.7 Å². The van der Waals surface area contributed by atoms with Crippen molar-refractivity contribution >= 4 is 75.0 Å². The second kappa shape index (κ2) is 11.0. The number of thioether (sulfide) groups is 2. The molecule has 3 aromatic heterocycles. The minimum Gasteiger partial charge on any atom is -0.477 e. The van der Waals surface area contributed by atoms with E-state index in [1.807, 2.05) is 7.05 Å². The second-order valence-corrected chi connectivity index (χ2v) is 11.3. The van der Waals surface area contributed by atoms with Crippen molar-refractivity contribution in [2.45, 2.75) is 16.6 Å². The molecule has 3 aromatic rings. The molecule has 6 N–H and O–H groups in total. The van der Waals surface area contributed by atoms with Gasteiger partial charge in [-0.05, 0) is 10.1 Å². The number of aryl methyl sites for hydroxylation is 1. The smallest absolute Gasteiger partial charge is 0.352 e. The summed E-state index contributed by atoms with van der Waals surface area (Å²) in [7, 11) is 1.81. The molecule has 2 amide bonds. The maximum Gasteiger partial charge on any atom is 0.352 e. The number of rotatable bonds is 9. The molecule has 0 radical (unpaired) electrons. The lowest BCUT2D eigenvalue weighted by molar-refractivity contribution is -0.646. The molecular formula is C22H21N10O5S3+. The number of nitrogens with zero attached hydrogens (tertiary/aromatic N) is 7. The minimum absolute atomic E-state index is 0.128. The molecule has 206 valence electrons. The van der Waals surface area contributed by atoms with Crippen molar-refractivity contribution in [1.82, 2.24) is 29.8 Å². The highest BCUT2D eigenvalue weighted by molar-refractivity contribution is 8.01. The van der Waals surface area contributed by atoms with Crippen LogP contribution in [-0.4, -0.2) is 82.6 Å². The third-order valence-corrected chi connectivity index (χ3v) is 8.83. The number of nitrogens with two attached hydrogens (primary N) is 2. The largest absolute Gasteiger partial charge is 0.477 e. The molecule has 2 atom stereocenters. The molecule has 15 nitrogen and oxygen atoms in total. The number of hydrogen-bond acceptors (Lipinski definition) is 13. The van der Waals surface area contributed by atoms with Crippen LogP contribution in [0.2, 0.25) is 0 Å². The summed E-state index contributed by atoms with van der Waals surface area (Å²) >= 11 is 3.68. The molecule has 5 rings (SSSR count). The van der Waals surface area contributed by atoms with Crippen LogP contribution in [0.15, 0.2) is 39.4 Å². The Morgan fingerprint density at radius 3 is 2.92 bits per heavy atom. The van der Waals surface area contributed by atoms with Gasteiger partial charge in [0.05, 0.1) is 13.1 Å². The van der Waals surface area contributed by atoms with Gasteiger partial charge in [0.15, 0.2) is 17.5 Å². The molecule has 1 unspecified atom stereocenters. The Kier molecular flexibility index (Phi) is 7.51. The highest BCUT2D eigenvalue weighted by atomic mass is 32.2. The summed E-state index contributed by atoms with van der Waals surface area (Å²) in [5.74, 6) is 0.493. The normalized spacial score (nSPS) is 18.8. The lowest BCUT2D eigenvalue weighted by atomic mass is 10.0. The van der Waals surface area contributed by atoms with E-state index in [9.17, 15) is 19.5 Å². The van der Waals surface area contributed by atoms with Crippen molar-refractivity contribution < 1.29 is 28.9 Å². The number of hydrogen-bond donors (Lipinski definition) is 4. The molecule has 0 aromatic carbocycles. The number of amides is 2. The van der Waals surface area contributed by atoms with Gasteiger partial charge >= 0.3 is 5.97 Å². The SMILES string of the molecule is C#CCO/N=C(\C(=O)NC1C(=O)N2C(C(=O)O)=C(CSc3nc(N)cc4n3nc[n+]4C)CS[C@@H]12)c1csc(N)n1. The Morgan fingerprint density at radius 1 is 1.43 bits per heavy atom. The summed E-state index contributed by atoms with van der Waals surface area (Å²) in [6, 6.07) is 0.683. The molecule has 2 aliphatic heterocycles. The van der Waals surface area contributed by atoms with E-state index in [0.717, 1.165) is 11.3 Å². The first-order valence-electron chi connectivity index (χ1n) is 11.4. The van der Waals surface area contributed by atoms with Crippen LogP contribution in [0.3, 0.4) is 0 Å². The van der Waals surface area contributed by atoms with E-state index in [2.05, 4.69) is 31.5 Å². The van der Waals surface area contributed by atoms with Crippen molar-refractivity contribution in [1.29, 1.82) is 0 Å². The molecule has 0 saturated carbocycles. The van der Waals surface area contributed by atoms with Gasteiger partial charge in [0, 0.05) is 22.0 Å². The number of carboxylic acids is 1. The summed E-state index contributed by atoms with van der Waals surface area (Å²) in [5.41, 5.74) is 12.7. The van der Waals surface area contributed by atoms with E-state index >= 15 is 0 Å². The number of aromatic nitrogens is 5. The highest BCUT2D eigenvalue weighted by Crippen LogP contribution is 2.41. The van der Waals surface area contributed by atoms with Gasteiger partial charge in [-0.15, -0.1) is 29.5 Å². The molecule has 0 spiro atoms. The van der Waals surface area contributed by atoms with Gasteiger partial charge in [0.2, 0.25) is 0 Å². The summed E-state index contributed by atoms with van der Waals surface area (Å²) in [4.78, 5) is 53.0. The van der Waals surface area contributed by atoms with Gasteiger partial charge in [-0.1, -0.05) is 22.8 Å². The Balaban J connectivity index is 1.33. The predicted molar refractivity (Wildman–Crippen MR) is 147 cm³/mol. The first-order valence-corrected chi connectivity index (χ1v) is 14.3. The van der Waals surface area contributed by atoms with Gasteiger partial charge in [-0.3, -0.25) is 14.5 Å². The monoisotopic (exact) mass is 601 g/mol. The van der Waals surface area contributed by atoms with Crippen molar-refractivity contribution in [3.05, 3.63) is 34.7 Å². The zero-order valence-corrected chi connectivity index (χ0v) is 23.1. The number of β-lactam (4-membered cyclic amide) rings is 1. The van der Waals surface area contributed by atoms with Crippen LogP contribution in [0.5, 0.6) is 0 Å². The van der Waals surface area contributed by atoms with Crippen molar-refractivity contribution in [3.8, 4) is 12.3 Å². The van der Waals surface area contributed by atoms with E-state index in [4.69, 9.17) is 22.7 Å². The molecule has 0 aliphatic carbocycles. The van der Waals surface area contributed by atoms with Crippen LogP contribution >= 0.6 is 34.9 Å². The average molecular weight is 602 g/mol. The summed E-state index contributed by atoms with van der Waals surface area (Å²) in [5, 5.41) is 22.2. The van der Waals surface area contributed by atoms with E-state index in [1.165, 1.54) is 33.8 Å². The van der Waals surface area contributed by atoms with Crippen LogP contribution in [0.1, 0.15) is 5.69 Å². The Bertz CT molecular complexity index is 1640. The van der Waals surface area contributed by atoms with Crippen molar-refractivity contribution in [2.75, 3.05) is 29.6 Å². The Morgan fingerprint density at radius 2 is 2.23 bits per heavy atom. The predicted octanol–water partition coefficient (Wildman–Crippen LogP) is -0.940. The third-order valence-electron chi connectivity index (χ3n) is 5.80. The fourth-order valence-corrected chi connectivity index (χ4v) is 7.01. The third kappa shape index (κ3) is 5.01. The zero-order valence-electron chi connectivity index (χ0n) is 20.7. The molecule has 18 heteroatoms. The number of nitrogens with one attached hydrogen (secondary N) is 1. The van der Waals surface area contributed by atoms with E-state index in [1.54, 1.807) is 21.5 Å². The number of thiazole rings is 1. The zero-order chi connectivity index (χ0) is 28.6. The van der Waals surface area contributed by atoms with Crippen LogP contribution in [0.25, 0.3) is 5.65 Å². The summed E-state index contributed by atoms with van der Waals surface area (Å²) in [6.07, 6.45) is 6.78. The van der Waals surface area contributed by atoms with Gasteiger partial charge in [-0.25, -0.2) is 14.3 Å². The standard InChI is InChI=1S/C22H20N10O5S3/c1-3-4-37-29-14(11-8-39-21(24)26-11)17(33)28-15-18(34)31-16(20(35)36)10(6-38-19(15)31)7-40-22-27-12(23)5-13-30(2)9-25-32(13)22/h1,5,8-9,15,19,23H,4,6-7H2,2H3,(H4,24,26,28,33,35,36)/p+1/b29-14-/t15?,19-/m0/s1. The lowest BCUT2D eigenvalue weighted by Crippen LogP contribution is -2.71. The fourth-order valence-electron chi connectivity index (χ4n) is 4.01. The van der Waals surface area contributed by atoms with Crippen molar-refractivity contribution in [3.63, 3.8) is 0 Å². The average Bonchev–Trinajstić information content (AvgIpc) is 3.52. The second-order valence-electron chi connectivity index (χ2n) is 8.37. The number of nitrogen functional groups attached to an aromatic ring is 2. The quantitative estimate of drug-likeness (QED) is 0.0343. The van der Waals surface area contributed by atoms with Gasteiger partial charge in [-0.2, -0.15) is 4.98 Å². The number of terminal acetylenes is 1. The van der Waals surface area contributed by atoms with E-state index in [0.29, 0.717) is 27.9 Å². The maximum absolute atomic E-state index is 13.1. The lowest BCUT2D eigenvalue weighted by Gasteiger charge is -2.49. The minimum atomic E-state index is -1.25. The van der Waals surface area contributed by atoms with Gasteiger partial charge in [0.25, 0.3) is 28.9 Å². The van der Waals surface area contributed by atoms with Crippen molar-refractivity contribution in [2.24, 2.45) is 12.2 Å². The topological polar surface area (TPSA) is 207 Å². The number of carbonyl (C=O) groups excluding carboxylic acids is 2. The number of anilines is 2. The first-order chi connectivity index (χ1) is 19.2. The number of carboxylic acid groups (broad SMARTS) is 1. The Labute approximate surface area is 238 Å². The number of fused-ring (bicyclic) bond motifs is 2. The molecular weight excluding hydrogens is 581 g/mol. The summed E-state index contributed by atoms with van der Waals surface area (Å²) < 4.78 is 3.38. The van der Waals surface area contributed by atoms with Crippen LogP contribution in [0.4, 0.5) is 10.9 Å². The number of oxime groups is 1. The van der Waals surface area contributed by atoms with E-state index in [-0.39, 0.29) is 34.6 Å². The van der Waals surface area contributed by atoms with Crippen LogP contribution in [0, 0.1) is 12.3 Å². The molecule has 1 saturated heterocycles. The van der Waals surface area contributed by atoms with Crippen LogP contribution < -0.4 is 21.4 Å².